The second-order valence-corrected chi connectivity index (χ2v) is 6.58. The third kappa shape index (κ3) is 3.60. The largest absolute Gasteiger partial charge is 0.326 e. The van der Waals surface area contributed by atoms with Gasteiger partial charge in [-0.2, -0.15) is 5.10 Å². The summed E-state index contributed by atoms with van der Waals surface area (Å²) in [6, 6.07) is 8.50. The van der Waals surface area contributed by atoms with Gasteiger partial charge >= 0.3 is 0 Å². The molecule has 8 heteroatoms. The number of benzene rings is 1. The van der Waals surface area contributed by atoms with Crippen molar-refractivity contribution in [2.24, 2.45) is 0 Å². The Labute approximate surface area is 147 Å². The lowest BCUT2D eigenvalue weighted by Crippen LogP contribution is -2.15. The first-order valence-electron chi connectivity index (χ1n) is 7.29. The van der Waals surface area contributed by atoms with Crippen LogP contribution in [-0.4, -0.2) is 20.7 Å². The molecular weight excluding hydrogens is 347 g/mol. The molecule has 0 unspecified atom stereocenters. The Morgan fingerprint density at radius 3 is 3.00 bits per heavy atom. The maximum absolute atomic E-state index is 13.5. The van der Waals surface area contributed by atoms with E-state index in [2.05, 4.69) is 15.5 Å². The van der Waals surface area contributed by atoms with Crippen LogP contribution in [0.3, 0.4) is 0 Å². The summed E-state index contributed by atoms with van der Waals surface area (Å²) >= 11 is 6.78. The van der Waals surface area contributed by atoms with Crippen molar-refractivity contribution in [1.29, 1.82) is 0 Å². The fourth-order valence-electron chi connectivity index (χ4n) is 2.23. The van der Waals surface area contributed by atoms with Crippen molar-refractivity contribution in [3.8, 4) is 10.7 Å². The maximum atomic E-state index is 13.5. The van der Waals surface area contributed by atoms with Crippen LogP contribution in [0.15, 0.2) is 35.7 Å². The minimum atomic E-state index is -0.343. The van der Waals surface area contributed by atoms with Crippen LogP contribution in [-0.2, 0) is 11.3 Å². The number of nitrogens with one attached hydrogen (secondary N) is 2. The molecule has 5 nitrogen and oxygen atoms in total. The maximum Gasteiger partial charge on any atom is 0.226 e. The van der Waals surface area contributed by atoms with E-state index in [4.69, 9.17) is 12.2 Å². The van der Waals surface area contributed by atoms with Crippen molar-refractivity contribution in [3.63, 3.8) is 0 Å². The van der Waals surface area contributed by atoms with Gasteiger partial charge in [-0.1, -0.05) is 12.1 Å². The number of amides is 1. The van der Waals surface area contributed by atoms with Crippen LogP contribution in [0.5, 0.6) is 0 Å². The molecule has 0 aliphatic heterocycles. The van der Waals surface area contributed by atoms with Gasteiger partial charge in [0, 0.05) is 18.7 Å². The number of halogens is 1. The molecule has 2 aromatic heterocycles. The fraction of sp³-hybridized carbons (Fsp3) is 0.188. The van der Waals surface area contributed by atoms with Gasteiger partial charge in [0.05, 0.1) is 4.88 Å². The second-order valence-electron chi connectivity index (χ2n) is 5.24. The minimum Gasteiger partial charge on any atom is -0.326 e. The first-order valence-corrected chi connectivity index (χ1v) is 8.58. The Morgan fingerprint density at radius 2 is 2.29 bits per heavy atom. The average Bonchev–Trinajstić information content (AvgIpc) is 3.18. The molecule has 3 aromatic rings. The summed E-state index contributed by atoms with van der Waals surface area (Å²) in [4.78, 5) is 13.1. The molecule has 0 atom stereocenters. The number of aryl methyl sites for hydroxylation is 1. The number of aromatic amines is 1. The van der Waals surface area contributed by atoms with Gasteiger partial charge in [-0.15, -0.1) is 11.3 Å². The van der Waals surface area contributed by atoms with Gasteiger partial charge < -0.3 is 5.32 Å². The average molecular weight is 362 g/mol. The van der Waals surface area contributed by atoms with Gasteiger partial charge in [0.25, 0.3) is 0 Å². The van der Waals surface area contributed by atoms with Crippen molar-refractivity contribution in [1.82, 2.24) is 14.8 Å². The summed E-state index contributed by atoms with van der Waals surface area (Å²) in [5, 5.41) is 11.6. The van der Waals surface area contributed by atoms with Gasteiger partial charge in [0.1, 0.15) is 5.82 Å². The van der Waals surface area contributed by atoms with Gasteiger partial charge in [0.2, 0.25) is 5.91 Å². The topological polar surface area (TPSA) is 62.7 Å². The Hall–Kier alpha value is -2.32. The number of carbonyl (C=O) groups excluding carboxylic acids is 1. The zero-order valence-corrected chi connectivity index (χ0v) is 14.5. The van der Waals surface area contributed by atoms with Crippen LogP contribution >= 0.6 is 23.6 Å². The molecule has 0 fully saturated rings. The number of anilines is 1. The molecular formula is C16H15FN4OS2. The standard InChI is InChI=1S/C16H15FN4OS2/c1-10-4-5-11(9-12(10)17)18-14(22)6-7-21-15(19-20-16(21)23)13-3-2-8-24-13/h2-5,8-9H,6-7H2,1H3,(H,18,22)(H,20,23). The van der Waals surface area contributed by atoms with Crippen LogP contribution in [0.25, 0.3) is 10.7 Å². The third-order valence-electron chi connectivity index (χ3n) is 3.52. The van der Waals surface area contributed by atoms with Crippen molar-refractivity contribution < 1.29 is 9.18 Å². The number of carbonyl (C=O) groups is 1. The van der Waals surface area contributed by atoms with Gasteiger partial charge in [0.15, 0.2) is 10.6 Å². The lowest BCUT2D eigenvalue weighted by Gasteiger charge is -2.08. The van der Waals surface area contributed by atoms with E-state index in [1.807, 2.05) is 17.5 Å². The smallest absolute Gasteiger partial charge is 0.226 e. The van der Waals surface area contributed by atoms with E-state index in [1.165, 1.54) is 6.07 Å². The number of hydrogen-bond donors (Lipinski definition) is 2. The summed E-state index contributed by atoms with van der Waals surface area (Å²) in [5.74, 6) is 0.160. The summed E-state index contributed by atoms with van der Waals surface area (Å²) in [6.45, 7) is 2.07. The normalized spacial score (nSPS) is 10.8. The lowest BCUT2D eigenvalue weighted by molar-refractivity contribution is -0.116. The number of thiophene rings is 1. The first-order chi connectivity index (χ1) is 11.5. The van der Waals surface area contributed by atoms with Crippen LogP contribution in [0.2, 0.25) is 0 Å². The quantitative estimate of drug-likeness (QED) is 0.671. The summed E-state index contributed by atoms with van der Waals surface area (Å²) in [7, 11) is 0. The highest BCUT2D eigenvalue weighted by Gasteiger charge is 2.12. The highest BCUT2D eigenvalue weighted by molar-refractivity contribution is 7.71. The number of H-pyrrole nitrogens is 1. The fourth-order valence-corrected chi connectivity index (χ4v) is 3.17. The Morgan fingerprint density at radius 1 is 1.46 bits per heavy atom. The molecule has 0 spiro atoms. The van der Waals surface area contributed by atoms with Crippen LogP contribution in [0.1, 0.15) is 12.0 Å². The molecule has 2 heterocycles. The summed E-state index contributed by atoms with van der Waals surface area (Å²) < 4.78 is 15.8. The Kier molecular flexibility index (Phi) is 4.86. The predicted molar refractivity (Wildman–Crippen MR) is 95.1 cm³/mol. The van der Waals surface area contributed by atoms with Gasteiger partial charge in [-0.3, -0.25) is 14.5 Å². The molecule has 3 rings (SSSR count). The molecule has 124 valence electrons. The van der Waals surface area contributed by atoms with E-state index in [9.17, 15) is 9.18 Å². The van der Waals surface area contributed by atoms with E-state index in [0.717, 1.165) is 4.88 Å². The molecule has 2 N–H and O–H groups in total. The summed E-state index contributed by atoms with van der Waals surface area (Å²) in [5.41, 5.74) is 0.982. The third-order valence-corrected chi connectivity index (χ3v) is 4.70. The van der Waals surface area contributed by atoms with Crippen LogP contribution in [0, 0.1) is 17.5 Å². The molecule has 0 saturated heterocycles. The summed E-state index contributed by atoms with van der Waals surface area (Å²) in [6.07, 6.45) is 0.210. The van der Waals surface area contributed by atoms with Crippen molar-refractivity contribution in [2.75, 3.05) is 5.32 Å². The molecule has 0 bridgehead atoms. The number of rotatable bonds is 5. The lowest BCUT2D eigenvalue weighted by atomic mass is 10.2. The Bertz CT molecular complexity index is 915. The van der Waals surface area contributed by atoms with Gasteiger partial charge in [-0.05, 0) is 48.3 Å². The van der Waals surface area contributed by atoms with Crippen LogP contribution in [0.4, 0.5) is 10.1 Å². The molecule has 1 amide bonds. The zero-order valence-electron chi connectivity index (χ0n) is 12.9. The van der Waals surface area contributed by atoms with E-state index >= 15 is 0 Å². The number of aromatic nitrogens is 3. The molecule has 0 aliphatic carbocycles. The minimum absolute atomic E-state index is 0.210. The number of nitrogens with zero attached hydrogens (tertiary/aromatic N) is 2. The first kappa shape index (κ1) is 16.5. The molecule has 1 aromatic carbocycles. The molecule has 0 radical (unpaired) electrons. The predicted octanol–water partition coefficient (Wildman–Crippen LogP) is 4.15. The van der Waals surface area contributed by atoms with Crippen molar-refractivity contribution in [3.05, 3.63) is 51.9 Å². The van der Waals surface area contributed by atoms with Crippen molar-refractivity contribution in [2.45, 2.75) is 19.9 Å². The highest BCUT2D eigenvalue weighted by Crippen LogP contribution is 2.23. The monoisotopic (exact) mass is 362 g/mol. The van der Waals surface area contributed by atoms with E-state index < -0.39 is 0 Å². The van der Waals surface area contributed by atoms with Gasteiger partial charge in [-0.25, -0.2) is 4.39 Å². The SMILES string of the molecule is Cc1ccc(NC(=O)CCn2c(-c3cccs3)n[nH]c2=S)cc1F. The Balaban J connectivity index is 1.68. The molecule has 0 saturated carbocycles. The molecule has 0 aliphatic rings. The molecule has 24 heavy (non-hydrogen) atoms. The zero-order chi connectivity index (χ0) is 17.1. The second kappa shape index (κ2) is 7.06. The number of hydrogen-bond acceptors (Lipinski definition) is 4. The van der Waals surface area contributed by atoms with E-state index in [1.54, 1.807) is 35.0 Å². The highest BCUT2D eigenvalue weighted by atomic mass is 32.1. The van der Waals surface area contributed by atoms with Crippen molar-refractivity contribution >= 4 is 35.1 Å². The van der Waals surface area contributed by atoms with E-state index in [-0.39, 0.29) is 18.1 Å². The van der Waals surface area contributed by atoms with E-state index in [0.29, 0.717) is 28.4 Å². The van der Waals surface area contributed by atoms with Crippen LogP contribution < -0.4 is 5.32 Å².